The van der Waals surface area contributed by atoms with E-state index in [9.17, 15) is 13.2 Å². The first-order valence-electron chi connectivity index (χ1n) is 6.81. The number of benzene rings is 1. The fraction of sp³-hybridized carbons (Fsp3) is 0.462. The standard InChI is InChI=1S/C13H17Cl3N2O4S/c1-2-3-4-5-18(8-13(19)17-20)23(21,22)12-7-10(15)9(14)6-11(12)16/h6-7,20H,2-5,8H2,1H3,(H,17,19). The molecule has 1 aromatic rings. The highest BCUT2D eigenvalue weighted by Gasteiger charge is 2.29. The van der Waals surface area contributed by atoms with Gasteiger partial charge in [-0.05, 0) is 18.6 Å². The number of unbranched alkanes of at least 4 members (excludes halogenated alkanes) is 2. The molecule has 0 radical (unpaired) electrons. The molecular weight excluding hydrogens is 387 g/mol. The lowest BCUT2D eigenvalue weighted by Gasteiger charge is -2.22. The van der Waals surface area contributed by atoms with Crippen LogP contribution in [0.15, 0.2) is 17.0 Å². The second-order valence-electron chi connectivity index (χ2n) is 4.78. The Bertz CT molecular complexity index is 667. The first kappa shape index (κ1) is 20.5. The number of nitrogens with one attached hydrogen (secondary N) is 1. The van der Waals surface area contributed by atoms with Crippen molar-refractivity contribution >= 4 is 50.7 Å². The number of hydrogen-bond acceptors (Lipinski definition) is 4. The smallest absolute Gasteiger partial charge is 0.258 e. The second kappa shape index (κ2) is 9.05. The van der Waals surface area contributed by atoms with Gasteiger partial charge in [0, 0.05) is 6.54 Å². The van der Waals surface area contributed by atoms with Crippen LogP contribution < -0.4 is 5.48 Å². The van der Waals surface area contributed by atoms with Crippen LogP contribution >= 0.6 is 34.8 Å². The summed E-state index contributed by atoms with van der Waals surface area (Å²) in [7, 11) is -4.07. The van der Waals surface area contributed by atoms with Crippen molar-refractivity contribution in [2.45, 2.75) is 31.1 Å². The van der Waals surface area contributed by atoms with E-state index in [1.165, 1.54) is 11.5 Å². The van der Waals surface area contributed by atoms with Crippen molar-refractivity contribution in [2.75, 3.05) is 13.1 Å². The van der Waals surface area contributed by atoms with Crippen molar-refractivity contribution in [1.82, 2.24) is 9.79 Å². The molecule has 0 aliphatic carbocycles. The number of rotatable bonds is 8. The minimum Gasteiger partial charge on any atom is -0.289 e. The van der Waals surface area contributed by atoms with Crippen molar-refractivity contribution in [3.05, 3.63) is 27.2 Å². The molecule has 23 heavy (non-hydrogen) atoms. The Kier molecular flexibility index (Phi) is 8.06. The summed E-state index contributed by atoms with van der Waals surface area (Å²) < 4.78 is 26.4. The number of nitrogens with zero attached hydrogens (tertiary/aromatic N) is 1. The van der Waals surface area contributed by atoms with Crippen LogP contribution in [0.5, 0.6) is 0 Å². The summed E-state index contributed by atoms with van der Waals surface area (Å²) >= 11 is 17.6. The van der Waals surface area contributed by atoms with Gasteiger partial charge >= 0.3 is 0 Å². The van der Waals surface area contributed by atoms with Gasteiger partial charge in [-0.3, -0.25) is 10.0 Å². The molecule has 1 rings (SSSR count). The van der Waals surface area contributed by atoms with E-state index in [1.807, 2.05) is 6.92 Å². The van der Waals surface area contributed by atoms with Gasteiger partial charge in [0.25, 0.3) is 5.91 Å². The summed E-state index contributed by atoms with van der Waals surface area (Å²) in [5.41, 5.74) is 1.42. The number of sulfonamides is 1. The zero-order valence-corrected chi connectivity index (χ0v) is 15.4. The molecule has 10 heteroatoms. The predicted octanol–water partition coefficient (Wildman–Crippen LogP) is 3.33. The third kappa shape index (κ3) is 5.48. The van der Waals surface area contributed by atoms with Gasteiger partial charge in [-0.1, -0.05) is 54.6 Å². The Morgan fingerprint density at radius 1 is 1.17 bits per heavy atom. The van der Waals surface area contributed by atoms with E-state index >= 15 is 0 Å². The minimum absolute atomic E-state index is 0.0368. The third-order valence-corrected chi connectivity index (χ3v) is 6.08. The highest BCUT2D eigenvalue weighted by Crippen LogP contribution is 2.33. The van der Waals surface area contributed by atoms with E-state index in [0.29, 0.717) is 6.42 Å². The largest absolute Gasteiger partial charge is 0.289 e. The first-order valence-corrected chi connectivity index (χ1v) is 9.39. The van der Waals surface area contributed by atoms with Gasteiger partial charge in [0.05, 0.1) is 21.6 Å². The molecule has 0 aliphatic heterocycles. The zero-order valence-electron chi connectivity index (χ0n) is 12.4. The lowest BCUT2D eigenvalue weighted by molar-refractivity contribution is -0.129. The fourth-order valence-electron chi connectivity index (χ4n) is 1.86. The Morgan fingerprint density at radius 2 is 1.78 bits per heavy atom. The molecule has 0 saturated carbocycles. The van der Waals surface area contributed by atoms with Crippen LogP contribution in [0.2, 0.25) is 15.1 Å². The summed E-state index contributed by atoms with van der Waals surface area (Å²) in [6.45, 7) is 1.55. The number of halogens is 3. The van der Waals surface area contributed by atoms with Gasteiger partial charge in [0.2, 0.25) is 10.0 Å². The number of carbonyl (C=O) groups is 1. The highest BCUT2D eigenvalue weighted by molar-refractivity contribution is 7.89. The summed E-state index contributed by atoms with van der Waals surface area (Å²) in [6.07, 6.45) is 2.24. The van der Waals surface area contributed by atoms with Crippen molar-refractivity contribution < 1.29 is 18.4 Å². The summed E-state index contributed by atoms with van der Waals surface area (Å²) in [6, 6.07) is 2.37. The van der Waals surface area contributed by atoms with Crippen molar-refractivity contribution in [1.29, 1.82) is 0 Å². The number of carbonyl (C=O) groups excluding carboxylic acids is 1. The number of hydroxylamine groups is 1. The molecule has 0 heterocycles. The molecule has 0 unspecified atom stereocenters. The third-order valence-electron chi connectivity index (χ3n) is 3.05. The maximum atomic E-state index is 12.7. The van der Waals surface area contributed by atoms with Crippen LogP contribution in [-0.2, 0) is 14.8 Å². The molecule has 0 aromatic heterocycles. The molecule has 0 bridgehead atoms. The number of amides is 1. The van der Waals surface area contributed by atoms with E-state index in [4.69, 9.17) is 40.0 Å². The van der Waals surface area contributed by atoms with Crippen LogP contribution in [0.1, 0.15) is 26.2 Å². The first-order chi connectivity index (χ1) is 10.7. The van der Waals surface area contributed by atoms with Crippen LogP contribution in [0.25, 0.3) is 0 Å². The summed E-state index contributed by atoms with van der Waals surface area (Å²) in [4.78, 5) is 11.2. The van der Waals surface area contributed by atoms with E-state index in [2.05, 4.69) is 0 Å². The topological polar surface area (TPSA) is 86.7 Å². The molecule has 2 N–H and O–H groups in total. The Labute approximate surface area is 150 Å². The van der Waals surface area contributed by atoms with Gasteiger partial charge in [-0.15, -0.1) is 0 Å². The average molecular weight is 404 g/mol. The van der Waals surface area contributed by atoms with Crippen LogP contribution in [0, 0.1) is 0 Å². The molecule has 1 aromatic carbocycles. The molecule has 6 nitrogen and oxygen atoms in total. The molecule has 0 saturated heterocycles. The van der Waals surface area contributed by atoms with E-state index in [-0.39, 0.29) is 26.5 Å². The lowest BCUT2D eigenvalue weighted by atomic mass is 10.2. The molecule has 0 atom stereocenters. The van der Waals surface area contributed by atoms with Gasteiger partial charge in [0.1, 0.15) is 4.90 Å². The molecule has 0 fully saturated rings. The van der Waals surface area contributed by atoms with Gasteiger partial charge in [-0.2, -0.15) is 4.31 Å². The normalized spacial score (nSPS) is 11.7. The lowest BCUT2D eigenvalue weighted by Crippen LogP contribution is -2.40. The molecule has 0 aliphatic rings. The maximum absolute atomic E-state index is 12.7. The summed E-state index contributed by atoms with van der Waals surface area (Å²) in [5, 5.41) is 8.71. The quantitative estimate of drug-likeness (QED) is 0.302. The Hall–Kier alpha value is -0.570. The second-order valence-corrected chi connectivity index (χ2v) is 7.91. The Balaban J connectivity index is 3.20. The molecular formula is C13H17Cl3N2O4S. The Morgan fingerprint density at radius 3 is 2.35 bits per heavy atom. The van der Waals surface area contributed by atoms with Crippen LogP contribution in [0.3, 0.4) is 0 Å². The summed E-state index contributed by atoms with van der Waals surface area (Å²) in [5.74, 6) is -0.846. The minimum atomic E-state index is -4.07. The predicted molar refractivity (Wildman–Crippen MR) is 89.7 cm³/mol. The fourth-order valence-corrected chi connectivity index (χ4v) is 4.27. The van der Waals surface area contributed by atoms with Crippen molar-refractivity contribution in [3.8, 4) is 0 Å². The molecule has 1 amide bonds. The van der Waals surface area contributed by atoms with Crippen LogP contribution in [-0.4, -0.2) is 36.9 Å². The SMILES string of the molecule is CCCCCN(CC(=O)NO)S(=O)(=O)c1cc(Cl)c(Cl)cc1Cl. The van der Waals surface area contributed by atoms with Gasteiger partial charge < -0.3 is 0 Å². The maximum Gasteiger partial charge on any atom is 0.258 e. The molecule has 0 spiro atoms. The zero-order chi connectivity index (χ0) is 17.6. The van der Waals surface area contributed by atoms with Gasteiger partial charge in [0.15, 0.2) is 0 Å². The van der Waals surface area contributed by atoms with E-state index in [0.717, 1.165) is 23.2 Å². The monoisotopic (exact) mass is 402 g/mol. The van der Waals surface area contributed by atoms with E-state index < -0.39 is 22.5 Å². The average Bonchev–Trinajstić information content (AvgIpc) is 2.49. The highest BCUT2D eigenvalue weighted by atomic mass is 35.5. The van der Waals surface area contributed by atoms with Gasteiger partial charge in [-0.25, -0.2) is 13.9 Å². The van der Waals surface area contributed by atoms with E-state index in [1.54, 1.807) is 0 Å². The van der Waals surface area contributed by atoms with Crippen molar-refractivity contribution in [3.63, 3.8) is 0 Å². The number of hydrogen-bond donors (Lipinski definition) is 2. The van der Waals surface area contributed by atoms with Crippen molar-refractivity contribution in [2.24, 2.45) is 0 Å². The molecule has 130 valence electrons. The van der Waals surface area contributed by atoms with Crippen LogP contribution in [0.4, 0.5) is 0 Å².